The van der Waals surface area contributed by atoms with E-state index in [0.717, 1.165) is 6.20 Å². The monoisotopic (exact) mass is 281 g/mol. The Morgan fingerprint density at radius 1 is 1.60 bits per heavy atom. The molecule has 8 nitrogen and oxygen atoms in total. The summed E-state index contributed by atoms with van der Waals surface area (Å²) in [6, 6.07) is 1.24. The number of carboxylic acids is 1. The number of carboxylic acid groups (broad SMARTS) is 1. The number of pyridine rings is 1. The minimum absolute atomic E-state index is 0.357. The zero-order valence-electron chi connectivity index (χ0n) is 11.2. The molecule has 0 spiro atoms. The lowest BCUT2D eigenvalue weighted by Crippen LogP contribution is -2.48. The van der Waals surface area contributed by atoms with E-state index < -0.39 is 16.6 Å². The SMILES string of the molecule is CC1(C)CN(c2cc(C(=O)O)c([N+](=O)[O-])cn2)CCO1. The highest BCUT2D eigenvalue weighted by atomic mass is 16.6. The van der Waals surface area contributed by atoms with Gasteiger partial charge in [0.25, 0.3) is 0 Å². The number of aromatic carboxylic acids is 1. The number of nitrogens with zero attached hydrogens (tertiary/aromatic N) is 3. The normalized spacial score (nSPS) is 17.8. The minimum atomic E-state index is -1.34. The lowest BCUT2D eigenvalue weighted by molar-refractivity contribution is -0.385. The fourth-order valence-electron chi connectivity index (χ4n) is 2.14. The predicted octanol–water partition coefficient (Wildman–Crippen LogP) is 1.30. The molecule has 20 heavy (non-hydrogen) atoms. The summed E-state index contributed by atoms with van der Waals surface area (Å²) in [6.07, 6.45) is 0.987. The second kappa shape index (κ2) is 5.04. The maximum absolute atomic E-state index is 11.1. The van der Waals surface area contributed by atoms with Gasteiger partial charge < -0.3 is 14.7 Å². The molecule has 2 heterocycles. The molecule has 0 unspecified atom stereocenters. The Morgan fingerprint density at radius 3 is 2.85 bits per heavy atom. The Balaban J connectivity index is 2.36. The van der Waals surface area contributed by atoms with Gasteiger partial charge in [0, 0.05) is 19.2 Å². The highest BCUT2D eigenvalue weighted by Crippen LogP contribution is 2.26. The van der Waals surface area contributed by atoms with Gasteiger partial charge in [0.05, 0.1) is 17.1 Å². The molecule has 2 rings (SSSR count). The van der Waals surface area contributed by atoms with Crippen LogP contribution in [0.2, 0.25) is 0 Å². The second-order valence-corrected chi connectivity index (χ2v) is 5.15. The van der Waals surface area contributed by atoms with Crippen molar-refractivity contribution in [2.75, 3.05) is 24.6 Å². The molecule has 1 aliphatic heterocycles. The molecule has 0 aliphatic carbocycles. The molecule has 0 bridgehead atoms. The second-order valence-electron chi connectivity index (χ2n) is 5.15. The van der Waals surface area contributed by atoms with Crippen LogP contribution in [-0.4, -0.2) is 46.3 Å². The van der Waals surface area contributed by atoms with Crippen LogP contribution in [-0.2, 0) is 4.74 Å². The number of ether oxygens (including phenoxy) is 1. The van der Waals surface area contributed by atoms with Crippen molar-refractivity contribution in [3.8, 4) is 0 Å². The quantitative estimate of drug-likeness (QED) is 0.657. The molecule has 0 aromatic carbocycles. The summed E-state index contributed by atoms with van der Waals surface area (Å²) < 4.78 is 5.56. The fourth-order valence-corrected chi connectivity index (χ4v) is 2.14. The first-order chi connectivity index (χ1) is 9.30. The van der Waals surface area contributed by atoms with Gasteiger partial charge in [0.1, 0.15) is 17.6 Å². The average molecular weight is 281 g/mol. The highest BCUT2D eigenvalue weighted by molar-refractivity contribution is 5.93. The predicted molar refractivity (Wildman–Crippen MR) is 70.1 cm³/mol. The van der Waals surface area contributed by atoms with Crippen molar-refractivity contribution in [1.82, 2.24) is 4.98 Å². The minimum Gasteiger partial charge on any atom is -0.477 e. The van der Waals surface area contributed by atoms with E-state index in [9.17, 15) is 14.9 Å². The van der Waals surface area contributed by atoms with Crippen LogP contribution in [0.4, 0.5) is 11.5 Å². The average Bonchev–Trinajstić information content (AvgIpc) is 2.36. The molecule has 0 saturated carbocycles. The van der Waals surface area contributed by atoms with Gasteiger partial charge >= 0.3 is 11.7 Å². The number of aromatic nitrogens is 1. The van der Waals surface area contributed by atoms with E-state index in [1.807, 2.05) is 18.7 Å². The van der Waals surface area contributed by atoms with Crippen LogP contribution in [0.25, 0.3) is 0 Å². The standard InChI is InChI=1S/C12H15N3O5/c1-12(2)7-14(3-4-20-12)10-5-8(11(16)17)9(6-13-10)15(18)19/h5-6H,3-4,7H2,1-2H3,(H,16,17). The maximum Gasteiger partial charge on any atom is 0.342 e. The molecule has 1 saturated heterocycles. The van der Waals surface area contributed by atoms with Gasteiger partial charge in [-0.2, -0.15) is 0 Å². The van der Waals surface area contributed by atoms with Crippen molar-refractivity contribution in [2.45, 2.75) is 19.4 Å². The van der Waals surface area contributed by atoms with Gasteiger partial charge in [-0.05, 0) is 13.8 Å². The molecule has 0 radical (unpaired) electrons. The largest absolute Gasteiger partial charge is 0.477 e. The number of anilines is 1. The van der Waals surface area contributed by atoms with E-state index in [0.29, 0.717) is 25.5 Å². The summed E-state index contributed by atoms with van der Waals surface area (Å²) in [6.45, 7) is 5.43. The first-order valence-corrected chi connectivity index (χ1v) is 6.07. The molecule has 1 N–H and O–H groups in total. The molecule has 1 aromatic rings. The Bertz CT molecular complexity index is 558. The number of rotatable bonds is 3. The molecule has 1 aromatic heterocycles. The fraction of sp³-hybridized carbons (Fsp3) is 0.500. The van der Waals surface area contributed by atoms with Crippen molar-refractivity contribution in [1.29, 1.82) is 0 Å². The number of carbonyl (C=O) groups is 1. The lowest BCUT2D eigenvalue weighted by atomic mass is 10.1. The molecule has 1 fully saturated rings. The van der Waals surface area contributed by atoms with Crippen molar-refractivity contribution in [3.63, 3.8) is 0 Å². The number of hydrogen-bond donors (Lipinski definition) is 1. The van der Waals surface area contributed by atoms with Crippen molar-refractivity contribution < 1.29 is 19.6 Å². The van der Waals surface area contributed by atoms with E-state index in [2.05, 4.69) is 4.98 Å². The van der Waals surface area contributed by atoms with Gasteiger partial charge in [0.15, 0.2) is 0 Å². The summed E-state index contributed by atoms with van der Waals surface area (Å²) in [5.41, 5.74) is -1.23. The lowest BCUT2D eigenvalue weighted by Gasteiger charge is -2.38. The Labute approximate surface area is 115 Å². The molecular weight excluding hydrogens is 266 g/mol. The Kier molecular flexibility index (Phi) is 3.58. The molecular formula is C12H15N3O5. The van der Waals surface area contributed by atoms with E-state index in [1.54, 1.807) is 0 Å². The summed E-state index contributed by atoms with van der Waals surface area (Å²) >= 11 is 0. The third-order valence-electron chi connectivity index (χ3n) is 3.05. The van der Waals surface area contributed by atoms with E-state index >= 15 is 0 Å². The van der Waals surface area contributed by atoms with E-state index in [-0.39, 0.29) is 11.2 Å². The molecule has 0 atom stereocenters. The van der Waals surface area contributed by atoms with Gasteiger partial charge in [-0.3, -0.25) is 10.1 Å². The Hall–Kier alpha value is -2.22. The first kappa shape index (κ1) is 14.2. The van der Waals surface area contributed by atoms with Gasteiger partial charge in [-0.25, -0.2) is 9.78 Å². The Morgan fingerprint density at radius 2 is 2.30 bits per heavy atom. The molecule has 108 valence electrons. The van der Waals surface area contributed by atoms with Crippen LogP contribution in [0, 0.1) is 10.1 Å². The van der Waals surface area contributed by atoms with Crippen molar-refractivity contribution >= 4 is 17.5 Å². The molecule has 0 amide bonds. The van der Waals surface area contributed by atoms with Gasteiger partial charge in [0.2, 0.25) is 0 Å². The molecule has 8 heteroatoms. The van der Waals surface area contributed by atoms with Crippen LogP contribution in [0.5, 0.6) is 0 Å². The number of morpholine rings is 1. The highest BCUT2D eigenvalue weighted by Gasteiger charge is 2.29. The van der Waals surface area contributed by atoms with E-state index in [1.165, 1.54) is 6.07 Å². The zero-order valence-corrected chi connectivity index (χ0v) is 11.2. The number of hydrogen-bond acceptors (Lipinski definition) is 6. The maximum atomic E-state index is 11.1. The molecule has 1 aliphatic rings. The summed E-state index contributed by atoms with van der Waals surface area (Å²) in [5.74, 6) is -0.933. The topological polar surface area (TPSA) is 106 Å². The van der Waals surface area contributed by atoms with Crippen molar-refractivity contribution in [3.05, 3.63) is 27.9 Å². The van der Waals surface area contributed by atoms with Gasteiger partial charge in [-0.15, -0.1) is 0 Å². The summed E-state index contributed by atoms with van der Waals surface area (Å²) in [7, 11) is 0. The first-order valence-electron chi connectivity index (χ1n) is 6.07. The number of nitro groups is 1. The van der Waals surface area contributed by atoms with Crippen LogP contribution < -0.4 is 4.90 Å². The van der Waals surface area contributed by atoms with Crippen LogP contribution in [0.15, 0.2) is 12.3 Å². The van der Waals surface area contributed by atoms with Crippen LogP contribution in [0.3, 0.4) is 0 Å². The third kappa shape index (κ3) is 2.85. The summed E-state index contributed by atoms with van der Waals surface area (Å²) in [5, 5.41) is 19.9. The summed E-state index contributed by atoms with van der Waals surface area (Å²) in [4.78, 5) is 27.0. The van der Waals surface area contributed by atoms with Crippen LogP contribution in [0.1, 0.15) is 24.2 Å². The van der Waals surface area contributed by atoms with E-state index in [4.69, 9.17) is 9.84 Å². The third-order valence-corrected chi connectivity index (χ3v) is 3.05. The van der Waals surface area contributed by atoms with Crippen molar-refractivity contribution in [2.24, 2.45) is 0 Å². The van der Waals surface area contributed by atoms with Crippen LogP contribution >= 0.6 is 0 Å². The smallest absolute Gasteiger partial charge is 0.342 e. The van der Waals surface area contributed by atoms with Gasteiger partial charge in [-0.1, -0.05) is 0 Å². The zero-order chi connectivity index (χ0) is 14.9.